The normalized spacial score (nSPS) is 14.5. The number of amides is 1. The Bertz CT molecular complexity index is 961. The lowest BCUT2D eigenvalue weighted by atomic mass is 10.1. The van der Waals surface area contributed by atoms with E-state index in [-0.39, 0.29) is 6.09 Å². The lowest BCUT2D eigenvalue weighted by molar-refractivity contribution is 0.111. The Morgan fingerprint density at radius 1 is 0.968 bits per heavy atom. The highest BCUT2D eigenvalue weighted by molar-refractivity contribution is 5.70. The quantitative estimate of drug-likeness (QED) is 0.633. The van der Waals surface area contributed by atoms with Crippen LogP contribution in [-0.2, 0) is 19.3 Å². The van der Waals surface area contributed by atoms with Crippen LogP contribution >= 0.6 is 0 Å². The van der Waals surface area contributed by atoms with Gasteiger partial charge in [-0.05, 0) is 61.7 Å². The predicted molar refractivity (Wildman–Crippen MR) is 121 cm³/mol. The summed E-state index contributed by atoms with van der Waals surface area (Å²) < 4.78 is 5.59. The van der Waals surface area contributed by atoms with Crippen LogP contribution in [0.2, 0.25) is 0 Å². The van der Waals surface area contributed by atoms with Gasteiger partial charge in [-0.3, -0.25) is 9.88 Å². The van der Waals surface area contributed by atoms with Gasteiger partial charge >= 0.3 is 6.09 Å². The molecule has 162 valence electrons. The van der Waals surface area contributed by atoms with E-state index in [4.69, 9.17) is 4.74 Å². The van der Waals surface area contributed by atoms with Crippen molar-refractivity contribution in [2.45, 2.75) is 26.2 Å². The highest BCUT2D eigenvalue weighted by Crippen LogP contribution is 2.16. The van der Waals surface area contributed by atoms with E-state index in [1.165, 1.54) is 11.3 Å². The number of benzene rings is 1. The zero-order chi connectivity index (χ0) is 21.5. The zero-order valence-corrected chi connectivity index (χ0v) is 18.1. The van der Waals surface area contributed by atoms with E-state index in [9.17, 15) is 4.79 Å². The van der Waals surface area contributed by atoms with Crippen molar-refractivity contribution < 1.29 is 9.53 Å². The number of carbonyl (C=O) groups is 1. The van der Waals surface area contributed by atoms with Crippen LogP contribution < -0.4 is 4.74 Å². The molecule has 0 spiro atoms. The molecule has 3 heterocycles. The van der Waals surface area contributed by atoms with Crippen molar-refractivity contribution in [1.82, 2.24) is 19.8 Å². The van der Waals surface area contributed by atoms with Crippen LogP contribution in [0.25, 0.3) is 0 Å². The Morgan fingerprint density at radius 3 is 2.48 bits per heavy atom. The topological polar surface area (TPSA) is 61.5 Å². The van der Waals surface area contributed by atoms with Crippen LogP contribution in [0.3, 0.4) is 0 Å². The number of aromatic nitrogens is 2. The van der Waals surface area contributed by atoms with Gasteiger partial charge in [0.25, 0.3) is 0 Å². The summed E-state index contributed by atoms with van der Waals surface area (Å²) in [6.07, 6.45) is 4.51. The predicted octanol–water partition coefficient (Wildman–Crippen LogP) is 3.86. The monoisotopic (exact) mass is 418 g/mol. The van der Waals surface area contributed by atoms with Gasteiger partial charge in [0.1, 0.15) is 5.75 Å². The number of nitrogens with one attached hydrogen (secondary N) is 1. The molecule has 1 N–H and O–H groups in total. The minimum atomic E-state index is -0.263. The molecule has 1 aliphatic heterocycles. The first-order chi connectivity index (χ1) is 15.2. The first-order valence-corrected chi connectivity index (χ1v) is 11.0. The van der Waals surface area contributed by atoms with Gasteiger partial charge in [-0.25, -0.2) is 4.79 Å². The van der Waals surface area contributed by atoms with Crippen molar-refractivity contribution >= 4 is 6.09 Å². The van der Waals surface area contributed by atoms with Crippen LogP contribution in [0.5, 0.6) is 5.75 Å². The number of pyridine rings is 1. The van der Waals surface area contributed by atoms with Crippen LogP contribution in [0, 0.1) is 6.92 Å². The molecule has 6 heteroatoms. The van der Waals surface area contributed by atoms with E-state index >= 15 is 0 Å². The second-order valence-corrected chi connectivity index (χ2v) is 8.06. The summed E-state index contributed by atoms with van der Waals surface area (Å²) in [7, 11) is 0. The summed E-state index contributed by atoms with van der Waals surface area (Å²) in [6.45, 7) is 6.17. The molecule has 3 aromatic rings. The Kier molecular flexibility index (Phi) is 6.99. The SMILES string of the molecule is Cc1cccc(CCc2ccc(OC(=O)N3CCN(CCc4ccc[nH]4)CC3)cc2)n1. The summed E-state index contributed by atoms with van der Waals surface area (Å²) in [5.74, 6) is 0.594. The van der Waals surface area contributed by atoms with Gasteiger partial charge in [-0.2, -0.15) is 0 Å². The zero-order valence-electron chi connectivity index (χ0n) is 18.1. The fraction of sp³-hybridized carbons (Fsp3) is 0.360. The molecule has 0 bridgehead atoms. The molecule has 1 amide bonds. The first kappa shape index (κ1) is 21.1. The van der Waals surface area contributed by atoms with Crippen LogP contribution in [0.1, 0.15) is 22.6 Å². The lowest BCUT2D eigenvalue weighted by Gasteiger charge is -2.33. The third-order valence-corrected chi connectivity index (χ3v) is 5.73. The van der Waals surface area contributed by atoms with E-state index in [0.717, 1.165) is 50.3 Å². The molecule has 0 saturated carbocycles. The third-order valence-electron chi connectivity index (χ3n) is 5.73. The molecule has 1 saturated heterocycles. The molecule has 1 aromatic carbocycles. The summed E-state index contributed by atoms with van der Waals surface area (Å²) >= 11 is 0. The summed E-state index contributed by atoms with van der Waals surface area (Å²) in [6, 6.07) is 18.1. The molecule has 6 nitrogen and oxygen atoms in total. The molecule has 2 aromatic heterocycles. The number of nitrogens with zero attached hydrogens (tertiary/aromatic N) is 3. The molecule has 1 fully saturated rings. The number of ether oxygens (including phenoxy) is 1. The number of hydrogen-bond donors (Lipinski definition) is 1. The van der Waals surface area contributed by atoms with Crippen LogP contribution in [-0.4, -0.2) is 58.6 Å². The van der Waals surface area contributed by atoms with Crippen molar-refractivity contribution in [3.8, 4) is 5.75 Å². The Balaban J connectivity index is 1.20. The highest BCUT2D eigenvalue weighted by atomic mass is 16.6. The smallest absolute Gasteiger partial charge is 0.410 e. The number of aryl methyl sites for hydroxylation is 3. The Labute approximate surface area is 183 Å². The molecule has 1 aliphatic rings. The van der Waals surface area contributed by atoms with E-state index < -0.39 is 0 Å². The fourth-order valence-electron chi connectivity index (χ4n) is 3.86. The van der Waals surface area contributed by atoms with Gasteiger partial charge in [0.2, 0.25) is 0 Å². The second kappa shape index (κ2) is 10.3. The molecule has 0 aliphatic carbocycles. The number of hydrogen-bond acceptors (Lipinski definition) is 4. The number of piperazine rings is 1. The minimum absolute atomic E-state index is 0.263. The van der Waals surface area contributed by atoms with Crippen LogP contribution in [0.4, 0.5) is 4.79 Å². The second-order valence-electron chi connectivity index (χ2n) is 8.06. The molecule has 4 rings (SSSR count). The van der Waals surface area contributed by atoms with Crippen molar-refractivity contribution in [2.75, 3.05) is 32.7 Å². The van der Waals surface area contributed by atoms with Crippen molar-refractivity contribution in [3.05, 3.63) is 83.4 Å². The molecule has 0 unspecified atom stereocenters. The van der Waals surface area contributed by atoms with Gasteiger partial charge in [-0.15, -0.1) is 0 Å². The number of carbonyl (C=O) groups excluding carboxylic acids is 1. The van der Waals surface area contributed by atoms with E-state index in [0.29, 0.717) is 18.8 Å². The first-order valence-electron chi connectivity index (χ1n) is 11.0. The number of aromatic amines is 1. The van der Waals surface area contributed by atoms with E-state index in [1.807, 2.05) is 55.6 Å². The maximum absolute atomic E-state index is 12.5. The Hall–Kier alpha value is -3.12. The van der Waals surface area contributed by atoms with Crippen molar-refractivity contribution in [1.29, 1.82) is 0 Å². The molecular formula is C25H30N4O2. The third kappa shape index (κ3) is 6.18. The van der Waals surface area contributed by atoms with Gasteiger partial charge in [-0.1, -0.05) is 18.2 Å². The number of H-pyrrole nitrogens is 1. The van der Waals surface area contributed by atoms with Crippen molar-refractivity contribution in [2.24, 2.45) is 0 Å². The average molecular weight is 419 g/mol. The molecular weight excluding hydrogens is 388 g/mol. The molecule has 0 atom stereocenters. The van der Waals surface area contributed by atoms with Crippen molar-refractivity contribution in [3.63, 3.8) is 0 Å². The van der Waals surface area contributed by atoms with E-state index in [1.54, 1.807) is 4.90 Å². The van der Waals surface area contributed by atoms with Gasteiger partial charge in [0.15, 0.2) is 0 Å². The summed E-state index contributed by atoms with van der Waals surface area (Å²) in [4.78, 5) is 24.5. The molecule has 31 heavy (non-hydrogen) atoms. The fourth-order valence-corrected chi connectivity index (χ4v) is 3.86. The summed E-state index contributed by atoms with van der Waals surface area (Å²) in [5, 5.41) is 0. The van der Waals surface area contributed by atoms with Crippen LogP contribution in [0.15, 0.2) is 60.8 Å². The average Bonchev–Trinajstić information content (AvgIpc) is 3.31. The maximum atomic E-state index is 12.5. The number of rotatable bonds is 7. The van der Waals surface area contributed by atoms with E-state index in [2.05, 4.69) is 27.0 Å². The maximum Gasteiger partial charge on any atom is 0.415 e. The highest BCUT2D eigenvalue weighted by Gasteiger charge is 2.22. The van der Waals surface area contributed by atoms with Gasteiger partial charge < -0.3 is 14.6 Å². The standard InChI is InChI=1S/C25H30N4O2/c1-20-4-2-5-23(27-20)10-7-21-8-11-24(12-9-21)31-25(30)29-18-16-28(17-19-29)15-13-22-6-3-14-26-22/h2-6,8-9,11-12,14,26H,7,10,13,15-19H2,1H3. The lowest BCUT2D eigenvalue weighted by Crippen LogP contribution is -2.49. The minimum Gasteiger partial charge on any atom is -0.410 e. The van der Waals surface area contributed by atoms with Gasteiger partial charge in [0.05, 0.1) is 0 Å². The Morgan fingerprint density at radius 2 is 1.77 bits per heavy atom. The molecule has 0 radical (unpaired) electrons. The summed E-state index contributed by atoms with van der Waals surface area (Å²) in [5.41, 5.74) is 4.60. The largest absolute Gasteiger partial charge is 0.415 e. The van der Waals surface area contributed by atoms with Gasteiger partial charge in [0, 0.05) is 62.4 Å².